The smallest absolute Gasteiger partial charge is 0.225 e. The maximum Gasteiger partial charge on any atom is 0.225 e. The van der Waals surface area contributed by atoms with Gasteiger partial charge in [-0.15, -0.1) is 11.3 Å². The van der Waals surface area contributed by atoms with Crippen LogP contribution < -0.4 is 5.32 Å². The van der Waals surface area contributed by atoms with Crippen molar-refractivity contribution in [1.29, 1.82) is 0 Å². The summed E-state index contributed by atoms with van der Waals surface area (Å²) in [4.78, 5) is 19.9. The van der Waals surface area contributed by atoms with Gasteiger partial charge in [-0.1, -0.05) is 6.92 Å². The lowest BCUT2D eigenvalue weighted by Crippen LogP contribution is -2.04. The number of hydrogen-bond donors (Lipinski definition) is 1. The molecular formula is C14H15N5S2. The fourth-order valence-corrected chi connectivity index (χ4v) is 3.58. The van der Waals surface area contributed by atoms with E-state index in [1.165, 1.54) is 16.6 Å². The predicted molar refractivity (Wildman–Crippen MR) is 87.1 cm³/mol. The first-order chi connectivity index (χ1) is 10.3. The summed E-state index contributed by atoms with van der Waals surface area (Å²) in [6.07, 6.45) is 4.51. The lowest BCUT2D eigenvalue weighted by Gasteiger charge is -2.06. The van der Waals surface area contributed by atoms with Gasteiger partial charge in [0, 0.05) is 29.2 Å². The molecule has 0 atom stereocenters. The number of anilines is 1. The summed E-state index contributed by atoms with van der Waals surface area (Å²) in [6, 6.07) is 3.93. The highest BCUT2D eigenvalue weighted by molar-refractivity contribution is 7.99. The monoisotopic (exact) mass is 317 g/mol. The van der Waals surface area contributed by atoms with Crippen LogP contribution >= 0.6 is 23.1 Å². The predicted octanol–water partition coefficient (Wildman–Crippen LogP) is 3.76. The van der Waals surface area contributed by atoms with Crippen LogP contribution in [0, 0.1) is 6.92 Å². The van der Waals surface area contributed by atoms with Crippen LogP contribution in [0.2, 0.25) is 0 Å². The summed E-state index contributed by atoms with van der Waals surface area (Å²) in [5.74, 6) is 0.671. The molecule has 3 heterocycles. The SMILES string of the molecule is CCCNc1nc(Sc2ncccn2)c2cc(C)sc2n1. The maximum atomic E-state index is 4.61. The first-order valence-electron chi connectivity index (χ1n) is 6.73. The Hall–Kier alpha value is -1.73. The van der Waals surface area contributed by atoms with Gasteiger partial charge in [-0.2, -0.15) is 0 Å². The topological polar surface area (TPSA) is 63.6 Å². The van der Waals surface area contributed by atoms with Crippen LogP contribution in [0.4, 0.5) is 5.95 Å². The molecule has 0 spiro atoms. The highest BCUT2D eigenvalue weighted by Crippen LogP contribution is 2.34. The molecule has 3 rings (SSSR count). The van der Waals surface area contributed by atoms with E-state index < -0.39 is 0 Å². The summed E-state index contributed by atoms with van der Waals surface area (Å²) in [6.45, 7) is 5.06. The molecule has 0 aliphatic heterocycles. The van der Waals surface area contributed by atoms with E-state index in [1.54, 1.807) is 23.7 Å². The van der Waals surface area contributed by atoms with E-state index in [0.717, 1.165) is 28.2 Å². The quantitative estimate of drug-likeness (QED) is 0.571. The van der Waals surface area contributed by atoms with Crippen LogP contribution in [0.1, 0.15) is 18.2 Å². The average Bonchev–Trinajstić information content (AvgIpc) is 2.87. The second kappa shape index (κ2) is 6.36. The second-order valence-electron chi connectivity index (χ2n) is 4.49. The third-order valence-corrected chi connectivity index (χ3v) is 4.59. The molecule has 21 heavy (non-hydrogen) atoms. The average molecular weight is 317 g/mol. The Labute approximate surface area is 131 Å². The summed E-state index contributed by atoms with van der Waals surface area (Å²) in [5.41, 5.74) is 0. The van der Waals surface area contributed by atoms with Gasteiger partial charge in [-0.3, -0.25) is 0 Å². The van der Waals surface area contributed by atoms with Crippen molar-refractivity contribution < 1.29 is 0 Å². The van der Waals surface area contributed by atoms with Gasteiger partial charge < -0.3 is 5.32 Å². The molecule has 3 aromatic heterocycles. The molecule has 0 aliphatic carbocycles. The van der Waals surface area contributed by atoms with E-state index in [1.807, 2.05) is 6.07 Å². The van der Waals surface area contributed by atoms with Crippen LogP contribution in [-0.2, 0) is 0 Å². The zero-order valence-corrected chi connectivity index (χ0v) is 13.5. The van der Waals surface area contributed by atoms with Crippen molar-refractivity contribution in [1.82, 2.24) is 19.9 Å². The number of thiophene rings is 1. The molecule has 0 saturated heterocycles. The summed E-state index contributed by atoms with van der Waals surface area (Å²) in [7, 11) is 0. The highest BCUT2D eigenvalue weighted by atomic mass is 32.2. The number of rotatable bonds is 5. The van der Waals surface area contributed by atoms with Gasteiger partial charge in [0.25, 0.3) is 0 Å². The fourth-order valence-electron chi connectivity index (χ4n) is 1.83. The van der Waals surface area contributed by atoms with E-state index in [4.69, 9.17) is 0 Å². The molecule has 108 valence electrons. The molecule has 0 unspecified atom stereocenters. The molecule has 7 heteroatoms. The van der Waals surface area contributed by atoms with Crippen molar-refractivity contribution in [2.24, 2.45) is 0 Å². The first kappa shape index (κ1) is 14.2. The Balaban J connectivity index is 2.01. The van der Waals surface area contributed by atoms with Crippen molar-refractivity contribution in [3.05, 3.63) is 29.4 Å². The van der Waals surface area contributed by atoms with Crippen LogP contribution in [0.15, 0.2) is 34.7 Å². The number of hydrogen-bond acceptors (Lipinski definition) is 7. The van der Waals surface area contributed by atoms with E-state index >= 15 is 0 Å². The van der Waals surface area contributed by atoms with Crippen LogP contribution in [0.25, 0.3) is 10.2 Å². The number of nitrogens with one attached hydrogen (secondary N) is 1. The minimum absolute atomic E-state index is 0.671. The third kappa shape index (κ3) is 3.30. The van der Waals surface area contributed by atoms with E-state index in [-0.39, 0.29) is 0 Å². The molecule has 0 radical (unpaired) electrons. The van der Waals surface area contributed by atoms with Crippen molar-refractivity contribution >= 4 is 39.3 Å². The summed E-state index contributed by atoms with van der Waals surface area (Å²) < 4.78 is 0. The van der Waals surface area contributed by atoms with Crippen molar-refractivity contribution in [3.63, 3.8) is 0 Å². The summed E-state index contributed by atoms with van der Waals surface area (Å²) in [5, 5.41) is 5.91. The Morgan fingerprint density at radius 2 is 2.05 bits per heavy atom. The van der Waals surface area contributed by atoms with E-state index in [0.29, 0.717) is 11.1 Å². The summed E-state index contributed by atoms with van der Waals surface area (Å²) >= 11 is 3.15. The van der Waals surface area contributed by atoms with Gasteiger partial charge in [0.1, 0.15) is 9.86 Å². The van der Waals surface area contributed by atoms with Gasteiger partial charge in [0.05, 0.1) is 0 Å². The van der Waals surface area contributed by atoms with Gasteiger partial charge in [0.15, 0.2) is 5.16 Å². The molecule has 5 nitrogen and oxygen atoms in total. The molecule has 0 fully saturated rings. The van der Waals surface area contributed by atoms with E-state index in [2.05, 4.69) is 45.2 Å². The molecule has 0 amide bonds. The minimum atomic E-state index is 0.671. The Bertz CT molecular complexity index is 742. The number of fused-ring (bicyclic) bond motifs is 1. The number of aryl methyl sites for hydroxylation is 1. The Morgan fingerprint density at radius 1 is 1.24 bits per heavy atom. The van der Waals surface area contributed by atoms with Gasteiger partial charge >= 0.3 is 0 Å². The first-order valence-corrected chi connectivity index (χ1v) is 8.36. The second-order valence-corrected chi connectivity index (χ2v) is 6.68. The third-order valence-electron chi connectivity index (χ3n) is 2.74. The van der Waals surface area contributed by atoms with Crippen LogP contribution in [0.3, 0.4) is 0 Å². The fraction of sp³-hybridized carbons (Fsp3) is 0.286. The van der Waals surface area contributed by atoms with Crippen LogP contribution in [0.5, 0.6) is 0 Å². The molecule has 1 N–H and O–H groups in total. The van der Waals surface area contributed by atoms with Gasteiger partial charge in [0.2, 0.25) is 5.95 Å². The number of nitrogens with zero attached hydrogens (tertiary/aromatic N) is 4. The molecule has 0 aromatic carbocycles. The van der Waals surface area contributed by atoms with Gasteiger partial charge in [-0.25, -0.2) is 19.9 Å². The normalized spacial score (nSPS) is 11.0. The maximum absolute atomic E-state index is 4.61. The number of aromatic nitrogens is 4. The minimum Gasteiger partial charge on any atom is -0.354 e. The zero-order chi connectivity index (χ0) is 14.7. The standard InChI is InChI=1S/C14H15N5S2/c1-3-5-15-13-18-11-10(8-9(2)20-11)12(19-13)21-14-16-6-4-7-17-14/h4,6-8H,3,5H2,1-2H3,(H,15,18,19). The molecule has 3 aromatic rings. The lowest BCUT2D eigenvalue weighted by atomic mass is 10.4. The van der Waals surface area contributed by atoms with Crippen LogP contribution in [-0.4, -0.2) is 26.5 Å². The molecule has 0 aliphatic rings. The largest absolute Gasteiger partial charge is 0.354 e. The Morgan fingerprint density at radius 3 is 2.81 bits per heavy atom. The zero-order valence-electron chi connectivity index (χ0n) is 11.8. The molecule has 0 saturated carbocycles. The lowest BCUT2D eigenvalue weighted by molar-refractivity contribution is 0.940. The molecule has 0 bridgehead atoms. The molecular weight excluding hydrogens is 302 g/mol. The Kier molecular flexibility index (Phi) is 4.31. The van der Waals surface area contributed by atoms with Gasteiger partial charge in [-0.05, 0) is 37.2 Å². The highest BCUT2D eigenvalue weighted by Gasteiger charge is 2.12. The van der Waals surface area contributed by atoms with Crippen molar-refractivity contribution in [2.75, 3.05) is 11.9 Å². The van der Waals surface area contributed by atoms with Crippen molar-refractivity contribution in [3.8, 4) is 0 Å². The van der Waals surface area contributed by atoms with E-state index in [9.17, 15) is 0 Å². The van der Waals surface area contributed by atoms with Crippen molar-refractivity contribution in [2.45, 2.75) is 30.5 Å².